The molecule has 0 aliphatic rings. The van der Waals surface area contributed by atoms with Gasteiger partial charge in [0.25, 0.3) is 0 Å². The van der Waals surface area contributed by atoms with E-state index in [2.05, 4.69) is 16.0 Å². The number of carboxylic acid groups (broad SMARTS) is 2. The van der Waals surface area contributed by atoms with Crippen LogP contribution in [-0.2, 0) is 30.4 Å². The van der Waals surface area contributed by atoms with Crippen LogP contribution in [0.5, 0.6) is 0 Å². The molecule has 3 unspecified atom stereocenters. The van der Waals surface area contributed by atoms with Crippen LogP contribution in [-0.4, -0.2) is 64.5 Å². The minimum absolute atomic E-state index is 0.212. The molecule has 32 heavy (non-hydrogen) atoms. The topological polar surface area (TPSA) is 188 Å². The lowest BCUT2D eigenvalue weighted by atomic mass is 10.0. The first-order valence-electron chi connectivity index (χ1n) is 10.1. The molecule has 0 bridgehead atoms. The number of nitrogens with one attached hydrogen (secondary N) is 3. The lowest BCUT2D eigenvalue weighted by Crippen LogP contribution is -2.54. The molecule has 0 heterocycles. The van der Waals surface area contributed by atoms with E-state index in [4.69, 9.17) is 15.9 Å². The van der Waals surface area contributed by atoms with E-state index in [1.807, 2.05) is 6.07 Å². The summed E-state index contributed by atoms with van der Waals surface area (Å²) in [6, 6.07) is 5.67. The van der Waals surface area contributed by atoms with Crippen molar-refractivity contribution in [2.24, 2.45) is 11.7 Å². The van der Waals surface area contributed by atoms with E-state index in [9.17, 15) is 24.0 Å². The van der Waals surface area contributed by atoms with Gasteiger partial charge in [-0.3, -0.25) is 19.2 Å². The van der Waals surface area contributed by atoms with Crippen molar-refractivity contribution in [3.8, 4) is 0 Å². The second kappa shape index (κ2) is 13.1. The average molecular weight is 450 g/mol. The van der Waals surface area contributed by atoms with E-state index in [-0.39, 0.29) is 18.8 Å². The van der Waals surface area contributed by atoms with Crippen LogP contribution in [0, 0.1) is 5.92 Å². The van der Waals surface area contributed by atoms with Crippen molar-refractivity contribution < 1.29 is 34.2 Å². The molecule has 3 atom stereocenters. The normalized spacial score (nSPS) is 13.5. The summed E-state index contributed by atoms with van der Waals surface area (Å²) < 4.78 is 0. The van der Waals surface area contributed by atoms with Crippen LogP contribution in [0.2, 0.25) is 0 Å². The van der Waals surface area contributed by atoms with E-state index in [1.54, 1.807) is 38.1 Å². The molecule has 1 aromatic rings. The van der Waals surface area contributed by atoms with Gasteiger partial charge < -0.3 is 31.9 Å². The van der Waals surface area contributed by atoms with Crippen LogP contribution in [0.4, 0.5) is 0 Å². The van der Waals surface area contributed by atoms with Crippen molar-refractivity contribution in [3.63, 3.8) is 0 Å². The Labute approximate surface area is 185 Å². The van der Waals surface area contributed by atoms with Gasteiger partial charge in [0.15, 0.2) is 0 Å². The molecule has 0 aliphatic carbocycles. The van der Waals surface area contributed by atoms with Crippen molar-refractivity contribution in [3.05, 3.63) is 35.9 Å². The SMILES string of the molecule is CC(C)C(NC(=O)CNC(=O)C(CCC(=O)O)NC(=O)C(N)Cc1ccccc1)C(=O)O. The number of benzene rings is 1. The standard InChI is InChI=1S/C21H30N4O7/c1-12(2)18(21(31)32)25-16(26)11-23-20(30)15(8-9-17(27)28)24-19(29)14(22)10-13-6-4-3-5-7-13/h3-7,12,14-15,18H,8-11,22H2,1-2H3,(H,23,30)(H,24,29)(H,25,26)(H,27,28)(H,31,32). The molecular weight excluding hydrogens is 420 g/mol. The molecule has 0 saturated heterocycles. The minimum atomic E-state index is -1.23. The van der Waals surface area contributed by atoms with Crippen LogP contribution in [0.15, 0.2) is 30.3 Å². The summed E-state index contributed by atoms with van der Waals surface area (Å²) in [4.78, 5) is 59.0. The molecular formula is C21H30N4O7. The highest BCUT2D eigenvalue weighted by Gasteiger charge is 2.26. The molecule has 176 valence electrons. The fraction of sp³-hybridized carbons (Fsp3) is 0.476. The highest BCUT2D eigenvalue weighted by Crippen LogP contribution is 2.04. The highest BCUT2D eigenvalue weighted by atomic mass is 16.4. The molecule has 7 N–H and O–H groups in total. The Morgan fingerprint density at radius 3 is 2.12 bits per heavy atom. The fourth-order valence-electron chi connectivity index (χ4n) is 2.80. The number of aliphatic carboxylic acids is 2. The number of carbonyl (C=O) groups is 5. The lowest BCUT2D eigenvalue weighted by Gasteiger charge is -2.21. The van der Waals surface area contributed by atoms with Gasteiger partial charge in [0.05, 0.1) is 12.6 Å². The van der Waals surface area contributed by atoms with Crippen LogP contribution in [0.1, 0.15) is 32.3 Å². The highest BCUT2D eigenvalue weighted by molar-refractivity contribution is 5.92. The van der Waals surface area contributed by atoms with Crippen LogP contribution in [0.25, 0.3) is 0 Å². The molecule has 3 amide bonds. The fourth-order valence-corrected chi connectivity index (χ4v) is 2.80. The minimum Gasteiger partial charge on any atom is -0.481 e. The van der Waals surface area contributed by atoms with Gasteiger partial charge in [0.1, 0.15) is 12.1 Å². The van der Waals surface area contributed by atoms with Gasteiger partial charge in [-0.25, -0.2) is 4.79 Å². The van der Waals surface area contributed by atoms with E-state index in [0.717, 1.165) is 5.56 Å². The quantitative estimate of drug-likeness (QED) is 0.226. The molecule has 0 radical (unpaired) electrons. The first-order chi connectivity index (χ1) is 15.0. The maximum Gasteiger partial charge on any atom is 0.326 e. The van der Waals surface area contributed by atoms with Crippen molar-refractivity contribution >= 4 is 29.7 Å². The third kappa shape index (κ3) is 9.56. The Morgan fingerprint density at radius 2 is 1.59 bits per heavy atom. The molecule has 1 rings (SSSR count). The van der Waals surface area contributed by atoms with Gasteiger partial charge in [0.2, 0.25) is 17.7 Å². The maximum absolute atomic E-state index is 12.5. The summed E-state index contributed by atoms with van der Waals surface area (Å²) in [7, 11) is 0. The molecule has 11 nitrogen and oxygen atoms in total. The predicted octanol–water partition coefficient (Wildman–Crippen LogP) is -0.752. The molecule has 0 fully saturated rings. The predicted molar refractivity (Wildman–Crippen MR) is 114 cm³/mol. The van der Waals surface area contributed by atoms with Gasteiger partial charge in [-0.1, -0.05) is 44.2 Å². The summed E-state index contributed by atoms with van der Waals surface area (Å²) in [5, 5.41) is 25.0. The average Bonchev–Trinajstić information content (AvgIpc) is 2.73. The number of hydrogen-bond acceptors (Lipinski definition) is 6. The van der Waals surface area contributed by atoms with Crippen LogP contribution >= 0.6 is 0 Å². The number of rotatable bonds is 13. The maximum atomic E-state index is 12.5. The van der Waals surface area contributed by atoms with E-state index >= 15 is 0 Å². The van der Waals surface area contributed by atoms with Gasteiger partial charge >= 0.3 is 11.9 Å². The van der Waals surface area contributed by atoms with Gasteiger partial charge in [-0.2, -0.15) is 0 Å². The Hall–Kier alpha value is -3.47. The molecule has 11 heteroatoms. The van der Waals surface area contributed by atoms with Crippen LogP contribution in [0.3, 0.4) is 0 Å². The monoisotopic (exact) mass is 450 g/mol. The van der Waals surface area contributed by atoms with Crippen molar-refractivity contribution in [2.75, 3.05) is 6.54 Å². The van der Waals surface area contributed by atoms with Gasteiger partial charge in [0, 0.05) is 6.42 Å². The zero-order valence-corrected chi connectivity index (χ0v) is 18.0. The number of amides is 3. The van der Waals surface area contributed by atoms with Gasteiger partial charge in [-0.05, 0) is 24.3 Å². The lowest BCUT2D eigenvalue weighted by molar-refractivity contribution is -0.143. The third-order valence-corrected chi connectivity index (χ3v) is 4.59. The zero-order valence-electron chi connectivity index (χ0n) is 18.0. The summed E-state index contributed by atoms with van der Waals surface area (Å²) in [5.41, 5.74) is 6.72. The summed E-state index contributed by atoms with van der Waals surface area (Å²) >= 11 is 0. The Bertz CT molecular complexity index is 814. The third-order valence-electron chi connectivity index (χ3n) is 4.59. The van der Waals surface area contributed by atoms with Crippen molar-refractivity contribution in [2.45, 2.75) is 51.2 Å². The molecule has 0 saturated carbocycles. The Morgan fingerprint density at radius 1 is 0.969 bits per heavy atom. The summed E-state index contributed by atoms with van der Waals surface area (Å²) in [5.74, 6) is -4.90. The summed E-state index contributed by atoms with van der Waals surface area (Å²) in [6.07, 6.45) is -0.391. The second-order valence-corrected chi connectivity index (χ2v) is 7.64. The van der Waals surface area contributed by atoms with E-state index in [0.29, 0.717) is 0 Å². The van der Waals surface area contributed by atoms with Crippen molar-refractivity contribution in [1.29, 1.82) is 0 Å². The second-order valence-electron chi connectivity index (χ2n) is 7.64. The Kier molecular flexibility index (Phi) is 10.8. The zero-order chi connectivity index (χ0) is 24.3. The molecule has 0 spiro atoms. The molecule has 0 aliphatic heterocycles. The molecule has 1 aromatic carbocycles. The van der Waals surface area contributed by atoms with Crippen LogP contribution < -0.4 is 21.7 Å². The number of hydrogen-bond donors (Lipinski definition) is 6. The largest absolute Gasteiger partial charge is 0.481 e. The number of carbonyl (C=O) groups excluding carboxylic acids is 3. The Balaban J connectivity index is 2.70. The van der Waals surface area contributed by atoms with E-state index in [1.165, 1.54) is 0 Å². The van der Waals surface area contributed by atoms with Gasteiger partial charge in [-0.15, -0.1) is 0 Å². The molecule has 0 aromatic heterocycles. The first kappa shape index (κ1) is 26.6. The smallest absolute Gasteiger partial charge is 0.326 e. The number of nitrogens with two attached hydrogens (primary N) is 1. The number of carboxylic acids is 2. The van der Waals surface area contributed by atoms with Crippen molar-refractivity contribution in [1.82, 2.24) is 16.0 Å². The first-order valence-corrected chi connectivity index (χ1v) is 10.1. The summed E-state index contributed by atoms with van der Waals surface area (Å²) in [6.45, 7) is 2.70. The van der Waals surface area contributed by atoms with E-state index < -0.39 is 60.8 Å².